The second kappa shape index (κ2) is 7.53. The van der Waals surface area contributed by atoms with Crippen molar-refractivity contribution >= 4 is 0 Å². The van der Waals surface area contributed by atoms with Crippen LogP contribution in [0.5, 0.6) is 0 Å². The SMILES string of the molecule is CCC(N)C1CCC(N)C(OC2C(N)CC(C)C(O)C2O)O1. The number of nitrogens with two attached hydrogens (primary N) is 3. The molecule has 2 aliphatic rings. The van der Waals surface area contributed by atoms with E-state index in [2.05, 4.69) is 0 Å². The maximum absolute atomic E-state index is 10.2. The molecule has 7 heteroatoms. The average molecular weight is 317 g/mol. The lowest BCUT2D eigenvalue weighted by atomic mass is 9.81. The van der Waals surface area contributed by atoms with Crippen LogP contribution in [0.25, 0.3) is 0 Å². The first-order valence-corrected chi connectivity index (χ1v) is 8.28. The van der Waals surface area contributed by atoms with E-state index in [0.29, 0.717) is 6.42 Å². The van der Waals surface area contributed by atoms with Gasteiger partial charge in [0.2, 0.25) is 0 Å². The normalized spacial score (nSPS) is 48.1. The summed E-state index contributed by atoms with van der Waals surface area (Å²) in [6.45, 7) is 3.88. The third-order valence-electron chi connectivity index (χ3n) is 5.02. The van der Waals surface area contributed by atoms with Crippen LogP contribution in [-0.2, 0) is 9.47 Å². The van der Waals surface area contributed by atoms with Gasteiger partial charge < -0.3 is 36.9 Å². The van der Waals surface area contributed by atoms with E-state index < -0.39 is 24.6 Å². The number of rotatable bonds is 4. The molecule has 1 saturated heterocycles. The molecule has 0 bridgehead atoms. The van der Waals surface area contributed by atoms with Crippen LogP contribution < -0.4 is 17.2 Å². The zero-order valence-electron chi connectivity index (χ0n) is 13.5. The summed E-state index contributed by atoms with van der Waals surface area (Å²) in [5.74, 6) is -0.0629. The second-order valence-electron chi connectivity index (χ2n) is 6.81. The highest BCUT2D eigenvalue weighted by Crippen LogP contribution is 2.30. The molecule has 8 N–H and O–H groups in total. The van der Waals surface area contributed by atoms with Crippen LogP contribution in [0, 0.1) is 5.92 Å². The Kier molecular flexibility index (Phi) is 6.18. The monoisotopic (exact) mass is 317 g/mol. The van der Waals surface area contributed by atoms with Crippen molar-refractivity contribution in [3.05, 3.63) is 0 Å². The van der Waals surface area contributed by atoms with Crippen LogP contribution in [0.4, 0.5) is 0 Å². The van der Waals surface area contributed by atoms with Gasteiger partial charge in [-0.1, -0.05) is 13.8 Å². The molecule has 22 heavy (non-hydrogen) atoms. The molecule has 130 valence electrons. The summed E-state index contributed by atoms with van der Waals surface area (Å²) >= 11 is 0. The molecule has 1 saturated carbocycles. The van der Waals surface area contributed by atoms with E-state index in [-0.39, 0.29) is 30.1 Å². The van der Waals surface area contributed by atoms with Crippen LogP contribution in [-0.4, -0.2) is 59.0 Å². The van der Waals surface area contributed by atoms with Crippen LogP contribution >= 0.6 is 0 Å². The van der Waals surface area contributed by atoms with E-state index in [4.69, 9.17) is 26.7 Å². The molecule has 1 aliphatic heterocycles. The number of ether oxygens (including phenoxy) is 2. The summed E-state index contributed by atoms with van der Waals surface area (Å²) in [6, 6.07) is -0.699. The number of hydrogen-bond donors (Lipinski definition) is 5. The van der Waals surface area contributed by atoms with Crippen LogP contribution in [0.3, 0.4) is 0 Å². The maximum Gasteiger partial charge on any atom is 0.173 e. The van der Waals surface area contributed by atoms with Crippen molar-refractivity contribution in [1.82, 2.24) is 0 Å². The Morgan fingerprint density at radius 3 is 2.50 bits per heavy atom. The molecule has 0 spiro atoms. The highest BCUT2D eigenvalue weighted by Gasteiger charge is 2.44. The summed E-state index contributed by atoms with van der Waals surface area (Å²) in [7, 11) is 0. The first kappa shape index (κ1) is 18.1. The van der Waals surface area contributed by atoms with E-state index in [1.807, 2.05) is 13.8 Å². The van der Waals surface area contributed by atoms with E-state index in [0.717, 1.165) is 19.3 Å². The fraction of sp³-hybridized carbons (Fsp3) is 1.00. The van der Waals surface area contributed by atoms with Crippen LogP contribution in [0.2, 0.25) is 0 Å². The first-order valence-electron chi connectivity index (χ1n) is 8.28. The summed E-state index contributed by atoms with van der Waals surface area (Å²) in [5, 5.41) is 20.3. The predicted molar refractivity (Wildman–Crippen MR) is 82.8 cm³/mol. The van der Waals surface area contributed by atoms with Gasteiger partial charge in [0, 0.05) is 12.1 Å². The molecular formula is C15H31N3O4. The van der Waals surface area contributed by atoms with Gasteiger partial charge in [0.25, 0.3) is 0 Å². The Bertz CT molecular complexity index is 360. The zero-order valence-corrected chi connectivity index (χ0v) is 13.5. The minimum absolute atomic E-state index is 0.0610. The van der Waals surface area contributed by atoms with Crippen molar-refractivity contribution in [2.45, 2.75) is 88.4 Å². The fourth-order valence-corrected chi connectivity index (χ4v) is 3.37. The molecule has 1 heterocycles. The molecule has 0 radical (unpaired) electrons. The lowest BCUT2D eigenvalue weighted by Crippen LogP contribution is -2.60. The summed E-state index contributed by atoms with van der Waals surface area (Å²) in [4.78, 5) is 0. The average Bonchev–Trinajstić information content (AvgIpc) is 2.50. The summed E-state index contributed by atoms with van der Waals surface area (Å²) in [6.07, 6.45) is -0.364. The van der Waals surface area contributed by atoms with Crippen molar-refractivity contribution in [2.24, 2.45) is 23.1 Å². The van der Waals surface area contributed by atoms with Gasteiger partial charge in [-0.25, -0.2) is 0 Å². The first-order chi connectivity index (χ1) is 10.3. The number of aliphatic hydroxyl groups excluding tert-OH is 2. The van der Waals surface area contributed by atoms with Gasteiger partial charge in [-0.05, 0) is 31.6 Å². The largest absolute Gasteiger partial charge is 0.390 e. The second-order valence-corrected chi connectivity index (χ2v) is 6.81. The van der Waals surface area contributed by atoms with E-state index >= 15 is 0 Å². The van der Waals surface area contributed by atoms with E-state index in [1.165, 1.54) is 0 Å². The summed E-state index contributed by atoms with van der Waals surface area (Å²) in [5.41, 5.74) is 18.2. The van der Waals surface area contributed by atoms with Crippen molar-refractivity contribution in [3.8, 4) is 0 Å². The Morgan fingerprint density at radius 2 is 1.86 bits per heavy atom. The van der Waals surface area contributed by atoms with Gasteiger partial charge in [-0.2, -0.15) is 0 Å². The van der Waals surface area contributed by atoms with Gasteiger partial charge in [0.1, 0.15) is 12.2 Å². The quantitative estimate of drug-likeness (QED) is 0.450. The van der Waals surface area contributed by atoms with Crippen molar-refractivity contribution in [1.29, 1.82) is 0 Å². The smallest absolute Gasteiger partial charge is 0.173 e. The third kappa shape index (κ3) is 3.79. The van der Waals surface area contributed by atoms with Gasteiger partial charge in [-0.3, -0.25) is 0 Å². The Hall–Kier alpha value is -0.280. The minimum Gasteiger partial charge on any atom is -0.390 e. The molecule has 2 fully saturated rings. The van der Waals surface area contributed by atoms with Gasteiger partial charge in [0.15, 0.2) is 6.29 Å². The number of aliphatic hydroxyl groups is 2. The molecular weight excluding hydrogens is 286 g/mol. The molecule has 1 aliphatic carbocycles. The van der Waals surface area contributed by atoms with Crippen molar-refractivity contribution in [2.75, 3.05) is 0 Å². The molecule has 9 unspecified atom stereocenters. The van der Waals surface area contributed by atoms with Crippen LogP contribution in [0.15, 0.2) is 0 Å². The van der Waals surface area contributed by atoms with Crippen LogP contribution in [0.1, 0.15) is 39.5 Å². The molecule has 9 atom stereocenters. The topological polar surface area (TPSA) is 137 Å². The van der Waals surface area contributed by atoms with E-state index in [1.54, 1.807) is 0 Å². The van der Waals surface area contributed by atoms with Gasteiger partial charge >= 0.3 is 0 Å². The number of hydrogen-bond acceptors (Lipinski definition) is 7. The highest BCUT2D eigenvalue weighted by atomic mass is 16.7. The zero-order chi connectivity index (χ0) is 16.4. The molecule has 7 nitrogen and oxygen atoms in total. The third-order valence-corrected chi connectivity index (χ3v) is 5.02. The Labute approximate surface area is 132 Å². The highest BCUT2D eigenvalue weighted by molar-refractivity contribution is 4.95. The van der Waals surface area contributed by atoms with Crippen molar-refractivity contribution in [3.63, 3.8) is 0 Å². The molecule has 0 aromatic carbocycles. The van der Waals surface area contributed by atoms with Gasteiger partial charge in [0.05, 0.1) is 18.2 Å². The molecule has 0 amide bonds. The molecule has 0 aromatic rings. The Morgan fingerprint density at radius 1 is 1.18 bits per heavy atom. The lowest BCUT2D eigenvalue weighted by Gasteiger charge is -2.44. The predicted octanol–water partition coefficient (Wildman–Crippen LogP) is -0.970. The minimum atomic E-state index is -1.03. The van der Waals surface area contributed by atoms with Crippen molar-refractivity contribution < 1.29 is 19.7 Å². The molecule has 0 aromatic heterocycles. The van der Waals surface area contributed by atoms with Gasteiger partial charge in [-0.15, -0.1) is 0 Å². The fourth-order valence-electron chi connectivity index (χ4n) is 3.37. The standard InChI is InChI=1S/C15H31N3O4/c1-3-8(16)11-5-4-9(17)15(21-11)22-14-10(18)6-7(2)12(19)13(14)20/h7-15,19-20H,3-6,16-18H2,1-2H3. The maximum atomic E-state index is 10.2. The molecule has 2 rings (SSSR count). The Balaban J connectivity index is 2.01. The lowest BCUT2D eigenvalue weighted by molar-refractivity contribution is -0.258. The summed E-state index contributed by atoms with van der Waals surface area (Å²) < 4.78 is 11.8. The van der Waals surface area contributed by atoms with E-state index in [9.17, 15) is 10.2 Å².